The van der Waals surface area contributed by atoms with Crippen molar-refractivity contribution in [3.05, 3.63) is 53.8 Å². The molecule has 0 aliphatic carbocycles. The second kappa shape index (κ2) is 10.1. The number of piperazine rings is 1. The predicted octanol–water partition coefficient (Wildman–Crippen LogP) is 2.02. The third kappa shape index (κ3) is 5.93. The number of nitrogens with one attached hydrogen (secondary N) is 2. The fraction of sp³-hybridized carbons (Fsp3) is 0.364. The van der Waals surface area contributed by atoms with Crippen LogP contribution in [0.15, 0.2) is 42.5 Å². The molecule has 1 saturated heterocycles. The van der Waals surface area contributed by atoms with Crippen molar-refractivity contribution in [2.45, 2.75) is 6.92 Å². The lowest BCUT2D eigenvalue weighted by molar-refractivity contribution is -0.125. The van der Waals surface area contributed by atoms with Crippen molar-refractivity contribution in [2.75, 3.05) is 56.6 Å². The fourth-order valence-electron chi connectivity index (χ4n) is 3.37. The number of ether oxygens (including phenoxy) is 1. The lowest BCUT2D eigenvalue weighted by Crippen LogP contribution is -2.50. The van der Waals surface area contributed by atoms with Gasteiger partial charge >= 0.3 is 0 Å². The van der Waals surface area contributed by atoms with Crippen LogP contribution >= 0.6 is 0 Å². The molecule has 160 valence electrons. The molecular formula is C22H27FN4O3. The van der Waals surface area contributed by atoms with Crippen LogP contribution in [0, 0.1) is 12.7 Å². The third-order valence-electron chi connectivity index (χ3n) is 5.01. The first-order chi connectivity index (χ1) is 14.4. The van der Waals surface area contributed by atoms with Gasteiger partial charge in [0.05, 0.1) is 25.9 Å². The first-order valence-corrected chi connectivity index (χ1v) is 9.88. The van der Waals surface area contributed by atoms with Gasteiger partial charge in [0.15, 0.2) is 0 Å². The van der Waals surface area contributed by atoms with E-state index in [2.05, 4.69) is 15.5 Å². The maximum Gasteiger partial charge on any atom is 0.243 e. The predicted molar refractivity (Wildman–Crippen MR) is 114 cm³/mol. The summed E-state index contributed by atoms with van der Waals surface area (Å²) in [6, 6.07) is 11.9. The Morgan fingerprint density at radius 3 is 2.40 bits per heavy atom. The van der Waals surface area contributed by atoms with Gasteiger partial charge in [-0.1, -0.05) is 6.07 Å². The van der Waals surface area contributed by atoms with Crippen LogP contribution in [0.1, 0.15) is 5.56 Å². The lowest BCUT2D eigenvalue weighted by Gasteiger charge is -2.35. The molecule has 1 fully saturated rings. The van der Waals surface area contributed by atoms with Gasteiger partial charge in [0.1, 0.15) is 11.6 Å². The molecule has 0 radical (unpaired) electrons. The van der Waals surface area contributed by atoms with Crippen LogP contribution in [-0.2, 0) is 9.59 Å². The average Bonchev–Trinajstić information content (AvgIpc) is 2.74. The topological polar surface area (TPSA) is 73.9 Å². The summed E-state index contributed by atoms with van der Waals surface area (Å²) in [5.41, 5.74) is 2.55. The molecule has 0 atom stereocenters. The number of nitrogens with zero attached hydrogens (tertiary/aromatic N) is 2. The minimum atomic E-state index is -0.312. The summed E-state index contributed by atoms with van der Waals surface area (Å²) in [7, 11) is 1.54. The first kappa shape index (κ1) is 21.6. The van der Waals surface area contributed by atoms with E-state index in [0.29, 0.717) is 11.4 Å². The SMILES string of the molecule is COc1ccc(C)cc1NC(=O)CNC(=O)CN1CCN(c2ccc(F)cc2)CC1. The summed E-state index contributed by atoms with van der Waals surface area (Å²) in [6.45, 7) is 5.00. The highest BCUT2D eigenvalue weighted by Crippen LogP contribution is 2.25. The largest absolute Gasteiger partial charge is 0.495 e. The van der Waals surface area contributed by atoms with Gasteiger partial charge in [0.2, 0.25) is 11.8 Å². The van der Waals surface area contributed by atoms with Crippen molar-refractivity contribution < 1.29 is 18.7 Å². The van der Waals surface area contributed by atoms with Gasteiger partial charge < -0.3 is 20.3 Å². The van der Waals surface area contributed by atoms with Gasteiger partial charge in [-0.3, -0.25) is 14.5 Å². The molecule has 1 heterocycles. The van der Waals surface area contributed by atoms with Gasteiger partial charge in [-0.05, 0) is 48.9 Å². The second-order valence-corrected chi connectivity index (χ2v) is 7.27. The van der Waals surface area contributed by atoms with Crippen LogP contribution in [0.4, 0.5) is 15.8 Å². The summed E-state index contributed by atoms with van der Waals surface area (Å²) >= 11 is 0. The number of aryl methyl sites for hydroxylation is 1. The van der Waals surface area contributed by atoms with Crippen molar-refractivity contribution >= 4 is 23.2 Å². The van der Waals surface area contributed by atoms with Gasteiger partial charge in [0, 0.05) is 31.9 Å². The van der Waals surface area contributed by atoms with Crippen LogP contribution in [-0.4, -0.2) is 63.1 Å². The number of hydrogen-bond donors (Lipinski definition) is 2. The quantitative estimate of drug-likeness (QED) is 0.725. The molecule has 0 unspecified atom stereocenters. The highest BCUT2D eigenvalue weighted by molar-refractivity contribution is 5.96. The van der Waals surface area contributed by atoms with E-state index in [1.165, 1.54) is 19.2 Å². The van der Waals surface area contributed by atoms with Crippen LogP contribution in [0.3, 0.4) is 0 Å². The van der Waals surface area contributed by atoms with Crippen molar-refractivity contribution in [2.24, 2.45) is 0 Å². The van der Waals surface area contributed by atoms with Gasteiger partial charge in [-0.15, -0.1) is 0 Å². The maximum absolute atomic E-state index is 13.1. The van der Waals surface area contributed by atoms with Crippen LogP contribution in [0.25, 0.3) is 0 Å². The molecule has 30 heavy (non-hydrogen) atoms. The molecule has 0 aromatic heterocycles. The van der Waals surface area contributed by atoms with E-state index >= 15 is 0 Å². The Bertz CT molecular complexity index is 880. The zero-order valence-corrected chi connectivity index (χ0v) is 17.3. The smallest absolute Gasteiger partial charge is 0.243 e. The number of carbonyl (C=O) groups is 2. The van der Waals surface area contributed by atoms with Gasteiger partial charge in [-0.2, -0.15) is 0 Å². The van der Waals surface area contributed by atoms with Crippen LogP contribution in [0.2, 0.25) is 0 Å². The minimum Gasteiger partial charge on any atom is -0.495 e. The van der Waals surface area contributed by atoms with E-state index in [1.807, 2.05) is 24.0 Å². The Balaban J connectivity index is 1.40. The van der Waals surface area contributed by atoms with Crippen molar-refractivity contribution in [1.82, 2.24) is 10.2 Å². The standard InChI is InChI=1S/C22H27FN4O3/c1-16-3-8-20(30-2)19(13-16)25-21(28)14-24-22(29)15-26-9-11-27(12-10-26)18-6-4-17(23)5-7-18/h3-8,13H,9-12,14-15H2,1-2H3,(H,24,29)(H,25,28). The van der Waals surface area contributed by atoms with Crippen LogP contribution in [0.5, 0.6) is 5.75 Å². The molecule has 1 aliphatic rings. The molecule has 0 saturated carbocycles. The van der Waals surface area contributed by atoms with E-state index in [9.17, 15) is 14.0 Å². The van der Waals surface area contributed by atoms with E-state index < -0.39 is 0 Å². The van der Waals surface area contributed by atoms with E-state index in [0.717, 1.165) is 37.4 Å². The third-order valence-corrected chi connectivity index (χ3v) is 5.01. The van der Waals surface area contributed by atoms with Gasteiger partial charge in [-0.25, -0.2) is 4.39 Å². The summed E-state index contributed by atoms with van der Waals surface area (Å²) in [4.78, 5) is 28.6. The normalized spacial score (nSPS) is 14.3. The molecule has 7 nitrogen and oxygen atoms in total. The van der Waals surface area contributed by atoms with E-state index in [1.54, 1.807) is 18.2 Å². The number of benzene rings is 2. The molecular weight excluding hydrogens is 387 g/mol. The number of amides is 2. The summed E-state index contributed by atoms with van der Waals surface area (Å²) in [5, 5.41) is 5.43. The number of halogens is 1. The highest BCUT2D eigenvalue weighted by atomic mass is 19.1. The number of rotatable bonds is 7. The zero-order chi connectivity index (χ0) is 21.5. The Kier molecular flexibility index (Phi) is 7.24. The highest BCUT2D eigenvalue weighted by Gasteiger charge is 2.19. The average molecular weight is 414 g/mol. The fourth-order valence-corrected chi connectivity index (χ4v) is 3.37. The maximum atomic E-state index is 13.1. The van der Waals surface area contributed by atoms with Crippen molar-refractivity contribution in [1.29, 1.82) is 0 Å². The monoisotopic (exact) mass is 414 g/mol. The molecule has 8 heteroatoms. The minimum absolute atomic E-state index is 0.106. The Morgan fingerprint density at radius 1 is 1.03 bits per heavy atom. The molecule has 0 bridgehead atoms. The molecule has 2 amide bonds. The van der Waals surface area contributed by atoms with E-state index in [-0.39, 0.29) is 30.7 Å². The summed E-state index contributed by atoms with van der Waals surface area (Å²) in [5.74, 6) is -0.191. The van der Waals surface area contributed by atoms with Crippen molar-refractivity contribution in [3.8, 4) is 5.75 Å². The Labute approximate surface area is 175 Å². The Hall–Kier alpha value is -3.13. The number of hydrogen-bond acceptors (Lipinski definition) is 5. The first-order valence-electron chi connectivity index (χ1n) is 9.88. The second-order valence-electron chi connectivity index (χ2n) is 7.27. The summed E-state index contributed by atoms with van der Waals surface area (Å²) < 4.78 is 18.3. The van der Waals surface area contributed by atoms with E-state index in [4.69, 9.17) is 4.74 Å². The number of carbonyl (C=O) groups excluding carboxylic acids is 2. The Morgan fingerprint density at radius 2 is 1.73 bits per heavy atom. The van der Waals surface area contributed by atoms with Gasteiger partial charge in [0.25, 0.3) is 0 Å². The molecule has 2 aromatic carbocycles. The molecule has 3 rings (SSSR count). The molecule has 2 aromatic rings. The lowest BCUT2D eigenvalue weighted by atomic mass is 10.2. The molecule has 2 N–H and O–H groups in total. The molecule has 1 aliphatic heterocycles. The molecule has 0 spiro atoms. The number of methoxy groups -OCH3 is 1. The number of anilines is 2. The van der Waals surface area contributed by atoms with Crippen molar-refractivity contribution in [3.63, 3.8) is 0 Å². The zero-order valence-electron chi connectivity index (χ0n) is 17.3. The summed E-state index contributed by atoms with van der Waals surface area (Å²) in [6.07, 6.45) is 0. The van der Waals surface area contributed by atoms with Crippen LogP contribution < -0.4 is 20.3 Å².